The van der Waals surface area contributed by atoms with E-state index in [1.165, 1.54) is 4.90 Å². The van der Waals surface area contributed by atoms with Crippen LogP contribution < -0.4 is 10.5 Å². The molecule has 5 nitrogen and oxygen atoms in total. The molecule has 0 bridgehead atoms. The van der Waals surface area contributed by atoms with E-state index in [9.17, 15) is 9.59 Å². The van der Waals surface area contributed by atoms with Gasteiger partial charge >= 0.3 is 0 Å². The molecule has 1 fully saturated rings. The second-order valence-corrected chi connectivity index (χ2v) is 5.36. The Morgan fingerprint density at radius 3 is 2.58 bits per heavy atom. The second-order valence-electron chi connectivity index (χ2n) is 4.20. The molecule has 2 amide bonds. The average Bonchev–Trinajstić information content (AvgIpc) is 2.68. The fourth-order valence-corrected chi connectivity index (χ4v) is 2.99. The Kier molecular flexibility index (Phi) is 4.44. The zero-order chi connectivity index (χ0) is 13.8. The number of carbonyl (C=O) groups excluding carboxylic acids is 2. The summed E-state index contributed by atoms with van der Waals surface area (Å²) in [5, 5.41) is -0.540. The van der Waals surface area contributed by atoms with Crippen LogP contribution in [0.3, 0.4) is 0 Å². The maximum atomic E-state index is 12.0. The van der Waals surface area contributed by atoms with Crippen molar-refractivity contribution in [3.05, 3.63) is 29.8 Å². The third-order valence-electron chi connectivity index (χ3n) is 2.94. The van der Waals surface area contributed by atoms with E-state index in [-0.39, 0.29) is 16.4 Å². The number of methoxy groups -OCH3 is 1. The summed E-state index contributed by atoms with van der Waals surface area (Å²) < 4.78 is 5.08. The summed E-state index contributed by atoms with van der Waals surface area (Å²) in [5.41, 5.74) is 6.40. The summed E-state index contributed by atoms with van der Waals surface area (Å²) in [6.07, 6.45) is 0.542. The smallest absolute Gasteiger partial charge is 0.289 e. The molecule has 0 saturated carbocycles. The van der Waals surface area contributed by atoms with E-state index < -0.39 is 0 Å². The van der Waals surface area contributed by atoms with Gasteiger partial charge in [0, 0.05) is 13.1 Å². The summed E-state index contributed by atoms with van der Waals surface area (Å²) in [6.45, 7) is 0.594. The minimum absolute atomic E-state index is 0.142. The van der Waals surface area contributed by atoms with Crippen molar-refractivity contribution in [3.63, 3.8) is 0 Å². The Labute approximate surface area is 116 Å². The van der Waals surface area contributed by atoms with Crippen molar-refractivity contribution in [3.8, 4) is 5.75 Å². The van der Waals surface area contributed by atoms with Gasteiger partial charge in [-0.2, -0.15) is 0 Å². The Morgan fingerprint density at radius 2 is 2.00 bits per heavy atom. The van der Waals surface area contributed by atoms with Gasteiger partial charge in [-0.3, -0.25) is 14.5 Å². The lowest BCUT2D eigenvalue weighted by atomic mass is 10.1. The predicted octanol–water partition coefficient (Wildman–Crippen LogP) is 1.26. The molecule has 1 aliphatic heterocycles. The number of nitrogens with zero attached hydrogens (tertiary/aromatic N) is 1. The molecule has 1 aromatic rings. The molecule has 1 aliphatic rings. The molecule has 0 radical (unpaired) electrons. The summed E-state index contributed by atoms with van der Waals surface area (Å²) in [6, 6.07) is 7.50. The standard InChI is InChI=1S/C13H16N2O3S/c1-18-10-4-2-9(3-5-10)8-11-12(16)15(7-6-14)13(17)19-11/h2-5,11H,6-8,14H2,1H3. The first-order valence-corrected chi connectivity index (χ1v) is 6.88. The number of hydrogen-bond donors (Lipinski definition) is 1. The van der Waals surface area contributed by atoms with E-state index in [2.05, 4.69) is 0 Å². The fraction of sp³-hybridized carbons (Fsp3) is 0.385. The van der Waals surface area contributed by atoms with Gasteiger partial charge in [0.15, 0.2) is 0 Å². The van der Waals surface area contributed by atoms with E-state index in [4.69, 9.17) is 10.5 Å². The molecule has 19 heavy (non-hydrogen) atoms. The molecule has 6 heteroatoms. The Bertz CT molecular complexity index is 475. The van der Waals surface area contributed by atoms with Crippen LogP contribution in [-0.4, -0.2) is 41.5 Å². The van der Waals surface area contributed by atoms with Crippen molar-refractivity contribution >= 4 is 22.9 Å². The number of imide groups is 1. The lowest BCUT2D eigenvalue weighted by molar-refractivity contribution is -0.126. The van der Waals surface area contributed by atoms with Crippen LogP contribution in [0.5, 0.6) is 5.75 Å². The predicted molar refractivity (Wildman–Crippen MR) is 74.2 cm³/mol. The number of rotatable bonds is 5. The maximum Gasteiger partial charge on any atom is 0.289 e. The minimum atomic E-state index is -0.340. The molecule has 1 atom stereocenters. The van der Waals surface area contributed by atoms with Crippen molar-refractivity contribution in [1.29, 1.82) is 0 Å². The monoisotopic (exact) mass is 280 g/mol. The number of hydrogen-bond acceptors (Lipinski definition) is 5. The summed E-state index contributed by atoms with van der Waals surface area (Å²) in [4.78, 5) is 24.9. The van der Waals surface area contributed by atoms with Gasteiger partial charge in [-0.15, -0.1) is 0 Å². The highest BCUT2D eigenvalue weighted by atomic mass is 32.2. The molecular weight excluding hydrogens is 264 g/mol. The van der Waals surface area contributed by atoms with Crippen LogP contribution >= 0.6 is 11.8 Å². The SMILES string of the molecule is COc1ccc(CC2SC(=O)N(CCN)C2=O)cc1. The lowest BCUT2D eigenvalue weighted by Crippen LogP contribution is -2.36. The van der Waals surface area contributed by atoms with Crippen LogP contribution in [0.15, 0.2) is 24.3 Å². The highest BCUT2D eigenvalue weighted by Gasteiger charge is 2.38. The number of thioether (sulfide) groups is 1. The van der Waals surface area contributed by atoms with E-state index in [1.54, 1.807) is 7.11 Å². The Morgan fingerprint density at radius 1 is 1.32 bits per heavy atom. The van der Waals surface area contributed by atoms with Gasteiger partial charge in [0.1, 0.15) is 5.75 Å². The molecule has 2 N–H and O–H groups in total. The van der Waals surface area contributed by atoms with Gasteiger partial charge in [0.05, 0.1) is 12.4 Å². The zero-order valence-corrected chi connectivity index (χ0v) is 11.5. The topological polar surface area (TPSA) is 72.6 Å². The Balaban J connectivity index is 2.03. The van der Waals surface area contributed by atoms with Crippen LogP contribution in [0.4, 0.5) is 4.79 Å². The Hall–Kier alpha value is -1.53. The maximum absolute atomic E-state index is 12.0. The van der Waals surface area contributed by atoms with Crippen molar-refractivity contribution in [2.24, 2.45) is 5.73 Å². The fourth-order valence-electron chi connectivity index (χ4n) is 1.93. The molecule has 1 unspecified atom stereocenters. The normalized spacial score (nSPS) is 19.1. The number of amides is 2. The van der Waals surface area contributed by atoms with Crippen LogP contribution in [0.1, 0.15) is 5.56 Å². The van der Waals surface area contributed by atoms with Crippen molar-refractivity contribution in [2.45, 2.75) is 11.7 Å². The molecule has 1 saturated heterocycles. The molecule has 1 heterocycles. The molecule has 0 spiro atoms. The van der Waals surface area contributed by atoms with Gasteiger partial charge < -0.3 is 10.5 Å². The van der Waals surface area contributed by atoms with E-state index in [1.807, 2.05) is 24.3 Å². The number of carbonyl (C=O) groups is 2. The van der Waals surface area contributed by atoms with Crippen LogP contribution in [0, 0.1) is 0 Å². The molecule has 102 valence electrons. The minimum Gasteiger partial charge on any atom is -0.497 e. The first-order chi connectivity index (χ1) is 9.15. The number of ether oxygens (including phenoxy) is 1. The third-order valence-corrected chi connectivity index (χ3v) is 4.01. The van der Waals surface area contributed by atoms with Gasteiger partial charge in [0.25, 0.3) is 5.24 Å². The third kappa shape index (κ3) is 3.08. The summed E-state index contributed by atoms with van der Waals surface area (Å²) in [7, 11) is 1.61. The molecular formula is C13H16N2O3S. The summed E-state index contributed by atoms with van der Waals surface area (Å²) >= 11 is 1.08. The second kappa shape index (κ2) is 6.08. The van der Waals surface area contributed by atoms with Crippen molar-refractivity contribution in [2.75, 3.05) is 20.2 Å². The molecule has 0 aliphatic carbocycles. The number of nitrogens with two attached hydrogens (primary N) is 1. The highest BCUT2D eigenvalue weighted by molar-refractivity contribution is 8.15. The van der Waals surface area contributed by atoms with E-state index in [0.29, 0.717) is 19.5 Å². The number of benzene rings is 1. The average molecular weight is 280 g/mol. The van der Waals surface area contributed by atoms with Crippen LogP contribution in [0.2, 0.25) is 0 Å². The zero-order valence-electron chi connectivity index (χ0n) is 10.7. The molecule has 1 aromatic carbocycles. The first kappa shape index (κ1) is 13.9. The van der Waals surface area contributed by atoms with E-state index in [0.717, 1.165) is 23.1 Å². The molecule has 0 aromatic heterocycles. The van der Waals surface area contributed by atoms with Gasteiger partial charge in [0.2, 0.25) is 5.91 Å². The van der Waals surface area contributed by atoms with Crippen molar-refractivity contribution < 1.29 is 14.3 Å². The van der Waals surface area contributed by atoms with Gasteiger partial charge in [-0.1, -0.05) is 23.9 Å². The van der Waals surface area contributed by atoms with Gasteiger partial charge in [-0.25, -0.2) is 0 Å². The van der Waals surface area contributed by atoms with Crippen LogP contribution in [0.25, 0.3) is 0 Å². The first-order valence-electron chi connectivity index (χ1n) is 6.00. The quantitative estimate of drug-likeness (QED) is 0.879. The summed E-state index contributed by atoms with van der Waals surface area (Å²) in [5.74, 6) is 0.631. The largest absolute Gasteiger partial charge is 0.497 e. The van der Waals surface area contributed by atoms with Gasteiger partial charge in [-0.05, 0) is 24.1 Å². The van der Waals surface area contributed by atoms with E-state index >= 15 is 0 Å². The van der Waals surface area contributed by atoms with Crippen LogP contribution in [-0.2, 0) is 11.2 Å². The lowest BCUT2D eigenvalue weighted by Gasteiger charge is -2.12. The van der Waals surface area contributed by atoms with Crippen molar-refractivity contribution in [1.82, 2.24) is 4.90 Å². The highest BCUT2D eigenvalue weighted by Crippen LogP contribution is 2.29. The molecule has 2 rings (SSSR count).